The van der Waals surface area contributed by atoms with E-state index in [4.69, 9.17) is 0 Å². The van der Waals surface area contributed by atoms with Gasteiger partial charge in [-0.15, -0.1) is 11.1 Å². The minimum Gasteiger partial charge on any atom is -0.125 e. The molecule has 0 amide bonds. The van der Waals surface area contributed by atoms with Crippen molar-refractivity contribution in [2.24, 2.45) is 0 Å². The number of hydrogen-bond acceptors (Lipinski definition) is 0. The molecule has 0 spiro atoms. The summed E-state index contributed by atoms with van der Waals surface area (Å²) in [5, 5.41) is 14.0. The molecule has 346 valence electrons. The van der Waals surface area contributed by atoms with Gasteiger partial charge < -0.3 is 0 Å². The average molecular weight is 939 g/mol. The summed E-state index contributed by atoms with van der Waals surface area (Å²) in [6.07, 6.45) is 0. The smallest absolute Gasteiger partial charge is 0.125 e. The molecule has 2 heteroatoms. The summed E-state index contributed by atoms with van der Waals surface area (Å²) in [6, 6.07) is 52.8. The number of fused-ring (bicyclic) bond motifs is 6. The third-order valence-electron chi connectivity index (χ3n) is 15.9. The molecule has 0 saturated heterocycles. The summed E-state index contributed by atoms with van der Waals surface area (Å²) in [5.41, 5.74) is 17.6. The lowest BCUT2D eigenvalue weighted by molar-refractivity contribution is 0.838. The standard InChI is InChI=1S/C68H66Si2/c1-45(2)69(46(3)4,47(5)6)37-35-55-23-17-29-61-40-59-27-15-21-53(65(59)43-67(55)61)33-31-51-19-13-25-57-39-58-26-14-20-52(64(58)42-63(51)57)32-34-54-22-16-28-60-41-62-30-18-24-56(68(62)44-66(54)60)36-38-70(48(7)8,49(9)10)50(11)12/h13-30,39-50H,1-12H3. The van der Waals surface area contributed by atoms with Crippen molar-refractivity contribution in [2.45, 2.75) is 116 Å². The van der Waals surface area contributed by atoms with E-state index in [0.29, 0.717) is 33.2 Å². The number of rotatable bonds is 6. The second kappa shape index (κ2) is 19.5. The van der Waals surface area contributed by atoms with Gasteiger partial charge in [0.1, 0.15) is 16.1 Å². The third-order valence-corrected chi connectivity index (χ3v) is 28.4. The van der Waals surface area contributed by atoms with Crippen molar-refractivity contribution in [2.75, 3.05) is 0 Å². The van der Waals surface area contributed by atoms with Crippen LogP contribution < -0.4 is 0 Å². The molecule has 0 bridgehead atoms. The van der Waals surface area contributed by atoms with Crippen LogP contribution in [0.15, 0.2) is 146 Å². The molecule has 0 fully saturated rings. The van der Waals surface area contributed by atoms with Gasteiger partial charge in [-0.3, -0.25) is 0 Å². The van der Waals surface area contributed by atoms with Crippen molar-refractivity contribution in [3.63, 3.8) is 0 Å². The van der Waals surface area contributed by atoms with E-state index in [-0.39, 0.29) is 0 Å². The zero-order chi connectivity index (χ0) is 49.5. The molecule has 0 aliphatic carbocycles. The van der Waals surface area contributed by atoms with Crippen LogP contribution in [-0.4, -0.2) is 16.1 Å². The Hall–Kier alpha value is -6.79. The minimum absolute atomic E-state index is 0.577. The van der Waals surface area contributed by atoms with Crippen LogP contribution in [0.1, 0.15) is 116 Å². The van der Waals surface area contributed by atoms with Crippen molar-refractivity contribution in [3.8, 4) is 46.6 Å². The van der Waals surface area contributed by atoms with E-state index >= 15 is 0 Å². The van der Waals surface area contributed by atoms with Crippen molar-refractivity contribution in [1.82, 2.24) is 0 Å². The fourth-order valence-electron chi connectivity index (χ4n) is 12.3. The molecule has 0 aliphatic heterocycles. The highest BCUT2D eigenvalue weighted by atomic mass is 28.3. The molecule has 70 heavy (non-hydrogen) atoms. The van der Waals surface area contributed by atoms with Gasteiger partial charge >= 0.3 is 0 Å². The quantitative estimate of drug-likeness (QED) is 0.0885. The Morgan fingerprint density at radius 1 is 0.243 bits per heavy atom. The Morgan fingerprint density at radius 3 is 0.614 bits per heavy atom. The third kappa shape index (κ3) is 8.76. The maximum absolute atomic E-state index is 3.98. The first-order valence-corrected chi connectivity index (χ1v) is 30.1. The summed E-state index contributed by atoms with van der Waals surface area (Å²) in [5.74, 6) is 22.1. The fourth-order valence-corrected chi connectivity index (χ4v) is 22.7. The Balaban J connectivity index is 1.11. The molecular formula is C68H66Si2. The molecule has 9 aromatic carbocycles. The van der Waals surface area contributed by atoms with Gasteiger partial charge in [0.05, 0.1) is 0 Å². The van der Waals surface area contributed by atoms with E-state index in [9.17, 15) is 0 Å². The van der Waals surface area contributed by atoms with Gasteiger partial charge in [0.2, 0.25) is 0 Å². The van der Waals surface area contributed by atoms with E-state index < -0.39 is 16.1 Å². The molecule has 0 aliphatic rings. The Morgan fingerprint density at radius 2 is 0.429 bits per heavy atom. The van der Waals surface area contributed by atoms with E-state index in [1.807, 2.05) is 0 Å². The first-order valence-electron chi connectivity index (χ1n) is 25.6. The normalized spacial score (nSPS) is 12.0. The van der Waals surface area contributed by atoms with Crippen molar-refractivity contribution >= 4 is 80.8 Å². The highest BCUT2D eigenvalue weighted by Gasteiger charge is 2.42. The van der Waals surface area contributed by atoms with E-state index in [1.54, 1.807) is 0 Å². The van der Waals surface area contributed by atoms with Crippen LogP contribution in [0.2, 0.25) is 33.2 Å². The topological polar surface area (TPSA) is 0 Å². The van der Waals surface area contributed by atoms with E-state index in [0.717, 1.165) is 65.7 Å². The number of hydrogen-bond donors (Lipinski definition) is 0. The zero-order valence-corrected chi connectivity index (χ0v) is 45.3. The largest absolute Gasteiger partial charge is 0.146 e. The highest BCUT2D eigenvalue weighted by molar-refractivity contribution is 6.91. The van der Waals surface area contributed by atoms with Gasteiger partial charge in [-0.05, 0) is 171 Å². The summed E-state index contributed by atoms with van der Waals surface area (Å²) < 4.78 is 0. The Bertz CT molecular complexity index is 3480. The van der Waals surface area contributed by atoms with Gasteiger partial charge in [-0.25, -0.2) is 0 Å². The molecule has 0 nitrogen and oxygen atoms in total. The van der Waals surface area contributed by atoms with Gasteiger partial charge in [0.25, 0.3) is 0 Å². The molecule has 0 N–H and O–H groups in total. The van der Waals surface area contributed by atoms with Gasteiger partial charge in [0.15, 0.2) is 0 Å². The zero-order valence-electron chi connectivity index (χ0n) is 43.3. The molecule has 0 unspecified atom stereocenters. The first kappa shape index (κ1) is 48.2. The first-order chi connectivity index (χ1) is 33.6. The van der Waals surface area contributed by atoms with Crippen LogP contribution in [-0.2, 0) is 0 Å². The summed E-state index contributed by atoms with van der Waals surface area (Å²) in [6.45, 7) is 28.6. The summed E-state index contributed by atoms with van der Waals surface area (Å²) in [7, 11) is -3.81. The van der Waals surface area contributed by atoms with Gasteiger partial charge in [-0.1, -0.05) is 191 Å². The molecule has 0 saturated carbocycles. The predicted molar refractivity (Wildman–Crippen MR) is 312 cm³/mol. The molecular weight excluding hydrogens is 873 g/mol. The molecule has 9 rings (SSSR count). The predicted octanol–water partition coefficient (Wildman–Crippen LogP) is 18.5. The molecule has 0 heterocycles. The maximum Gasteiger partial charge on any atom is 0.146 e. The van der Waals surface area contributed by atoms with E-state index in [2.05, 4.69) is 275 Å². The second-order valence-electron chi connectivity index (χ2n) is 21.5. The van der Waals surface area contributed by atoms with Crippen LogP contribution in [0.4, 0.5) is 0 Å². The highest BCUT2D eigenvalue weighted by Crippen LogP contribution is 2.42. The molecule has 0 aromatic heterocycles. The van der Waals surface area contributed by atoms with Crippen LogP contribution in [0.25, 0.3) is 64.6 Å². The molecule has 0 atom stereocenters. The van der Waals surface area contributed by atoms with Crippen molar-refractivity contribution < 1.29 is 0 Å². The van der Waals surface area contributed by atoms with Crippen molar-refractivity contribution in [3.05, 3.63) is 179 Å². The van der Waals surface area contributed by atoms with Crippen LogP contribution >= 0.6 is 0 Å². The minimum atomic E-state index is -1.91. The summed E-state index contributed by atoms with van der Waals surface area (Å²) >= 11 is 0. The number of benzene rings is 9. The molecule has 0 radical (unpaired) electrons. The monoisotopic (exact) mass is 938 g/mol. The van der Waals surface area contributed by atoms with Crippen molar-refractivity contribution in [1.29, 1.82) is 0 Å². The maximum atomic E-state index is 3.98. The fraction of sp³-hybridized carbons (Fsp3) is 0.265. The van der Waals surface area contributed by atoms with Crippen LogP contribution in [0.3, 0.4) is 0 Å². The Labute approximate surface area is 420 Å². The molecule has 9 aromatic rings. The lowest BCUT2D eigenvalue weighted by Crippen LogP contribution is -2.43. The van der Waals surface area contributed by atoms with Crippen LogP contribution in [0, 0.1) is 46.6 Å². The van der Waals surface area contributed by atoms with E-state index in [1.165, 1.54) is 32.3 Å². The Kier molecular flexibility index (Phi) is 13.5. The average Bonchev–Trinajstić information content (AvgIpc) is 3.33. The lowest BCUT2D eigenvalue weighted by Gasteiger charge is -2.38. The lowest BCUT2D eigenvalue weighted by atomic mass is 9.95. The van der Waals surface area contributed by atoms with Gasteiger partial charge in [0, 0.05) is 33.4 Å². The van der Waals surface area contributed by atoms with Gasteiger partial charge in [-0.2, -0.15) is 0 Å². The SMILES string of the molecule is CC(C)[Si](C#Cc1cccc2cc3cccc(C#Cc4cccc5cc6cccc(C#Cc7cccc8cc9cccc(C#C[Si](C(C)C)(C(C)C)C(C)C)c9cc78)c6cc45)c3cc12)(C(C)C)C(C)C. The second-order valence-corrected chi connectivity index (χ2v) is 32.7. The summed E-state index contributed by atoms with van der Waals surface area (Å²) in [4.78, 5) is 0. The van der Waals surface area contributed by atoms with Crippen LogP contribution in [0.5, 0.6) is 0 Å².